The molecule has 0 aromatic heterocycles. The largest absolute Gasteiger partial charge is 0.493 e. The minimum Gasteiger partial charge on any atom is -0.493 e. The lowest BCUT2D eigenvalue weighted by Crippen LogP contribution is -2.37. The number of anilines is 2. The maximum atomic E-state index is 12.8. The molecular weight excluding hydrogens is 370 g/mol. The number of urea groups is 1. The van der Waals surface area contributed by atoms with E-state index in [1.54, 1.807) is 37.3 Å². The van der Waals surface area contributed by atoms with Crippen LogP contribution in [0.2, 0.25) is 0 Å². The highest BCUT2D eigenvalue weighted by atomic mass is 16.5. The predicted molar refractivity (Wildman–Crippen MR) is 113 cm³/mol. The Morgan fingerprint density at radius 3 is 2.34 bits per heavy atom. The van der Waals surface area contributed by atoms with E-state index < -0.39 is 0 Å². The number of benzene rings is 2. The number of carbonyl (C=O) groups is 2. The molecule has 3 amide bonds. The van der Waals surface area contributed by atoms with Crippen LogP contribution in [0, 0.1) is 0 Å². The summed E-state index contributed by atoms with van der Waals surface area (Å²) < 4.78 is 10.6. The van der Waals surface area contributed by atoms with E-state index in [1.807, 2.05) is 24.3 Å². The highest BCUT2D eigenvalue weighted by molar-refractivity contribution is 5.99. The number of nitrogens with one attached hydrogen (secondary N) is 1. The second kappa shape index (κ2) is 8.86. The van der Waals surface area contributed by atoms with Crippen molar-refractivity contribution in [1.29, 1.82) is 0 Å². The molecule has 0 saturated carbocycles. The Kier molecular flexibility index (Phi) is 6.26. The summed E-state index contributed by atoms with van der Waals surface area (Å²) in [5, 5.41) is 2.86. The van der Waals surface area contributed by atoms with Gasteiger partial charge in [0.05, 0.1) is 14.2 Å². The van der Waals surface area contributed by atoms with Crippen LogP contribution >= 0.6 is 0 Å². The summed E-state index contributed by atoms with van der Waals surface area (Å²) in [5.74, 6) is 1.37. The molecule has 0 aliphatic carbocycles. The van der Waals surface area contributed by atoms with E-state index in [0.717, 1.165) is 5.69 Å². The lowest BCUT2D eigenvalue weighted by molar-refractivity contribution is -0.116. The topological polar surface area (TPSA) is 71.1 Å². The predicted octanol–water partition coefficient (Wildman–Crippen LogP) is 3.71. The fourth-order valence-electron chi connectivity index (χ4n) is 3.29. The molecule has 7 heteroatoms. The second-order valence-corrected chi connectivity index (χ2v) is 7.22. The Hall–Kier alpha value is -3.22. The molecule has 1 N–H and O–H groups in total. The molecule has 0 bridgehead atoms. The Morgan fingerprint density at radius 1 is 1.03 bits per heavy atom. The summed E-state index contributed by atoms with van der Waals surface area (Å²) in [6.45, 7) is 5.24. The summed E-state index contributed by atoms with van der Waals surface area (Å²) in [6, 6.07) is 12.9. The third kappa shape index (κ3) is 4.62. The van der Waals surface area contributed by atoms with Crippen molar-refractivity contribution >= 4 is 23.3 Å². The van der Waals surface area contributed by atoms with Gasteiger partial charge in [0.2, 0.25) is 5.91 Å². The van der Waals surface area contributed by atoms with Gasteiger partial charge in [-0.15, -0.1) is 0 Å². The van der Waals surface area contributed by atoms with E-state index in [0.29, 0.717) is 36.2 Å². The van der Waals surface area contributed by atoms with E-state index in [1.165, 1.54) is 10.5 Å². The Balaban J connectivity index is 1.62. The summed E-state index contributed by atoms with van der Waals surface area (Å²) in [4.78, 5) is 28.3. The monoisotopic (exact) mass is 397 g/mol. The number of nitrogens with zero attached hydrogens (tertiary/aromatic N) is 2. The smallest absolute Gasteiger partial charge is 0.325 e. The number of carbonyl (C=O) groups excluding carboxylic acids is 2. The number of rotatable bonds is 7. The summed E-state index contributed by atoms with van der Waals surface area (Å²) in [6.07, 6.45) is 0. The van der Waals surface area contributed by atoms with Crippen molar-refractivity contribution in [2.75, 3.05) is 44.1 Å². The summed E-state index contributed by atoms with van der Waals surface area (Å²) in [7, 11) is 3.12. The molecule has 1 fully saturated rings. The van der Waals surface area contributed by atoms with E-state index >= 15 is 0 Å². The third-order valence-corrected chi connectivity index (χ3v) is 4.97. The zero-order valence-electron chi connectivity index (χ0n) is 17.3. The first kappa shape index (κ1) is 20.5. The van der Waals surface area contributed by atoms with Gasteiger partial charge < -0.3 is 19.7 Å². The molecule has 0 unspecified atom stereocenters. The van der Waals surface area contributed by atoms with E-state index in [9.17, 15) is 9.59 Å². The molecule has 7 nitrogen and oxygen atoms in total. The average Bonchev–Trinajstić information content (AvgIpc) is 3.07. The quantitative estimate of drug-likeness (QED) is 0.773. The molecule has 29 heavy (non-hydrogen) atoms. The highest BCUT2D eigenvalue weighted by Gasteiger charge is 2.31. The van der Waals surface area contributed by atoms with E-state index in [-0.39, 0.29) is 18.5 Å². The van der Waals surface area contributed by atoms with Crippen molar-refractivity contribution < 1.29 is 19.1 Å². The van der Waals surface area contributed by atoms with Crippen LogP contribution < -0.4 is 19.7 Å². The van der Waals surface area contributed by atoms with Crippen LogP contribution in [0.1, 0.15) is 25.3 Å². The Labute approximate surface area is 171 Å². The van der Waals surface area contributed by atoms with Crippen LogP contribution in [0.25, 0.3) is 0 Å². The van der Waals surface area contributed by atoms with Gasteiger partial charge in [-0.25, -0.2) is 4.79 Å². The van der Waals surface area contributed by atoms with E-state index in [4.69, 9.17) is 9.47 Å². The lowest BCUT2D eigenvalue weighted by Gasteiger charge is -2.19. The minimum absolute atomic E-state index is 0.00849. The molecule has 1 aliphatic rings. The van der Waals surface area contributed by atoms with Crippen molar-refractivity contribution in [2.24, 2.45) is 0 Å². The SMILES string of the molecule is COc1ccc(N2CCN(CC(=O)Nc3ccc(C(C)C)cc3)C2=O)cc1OC. The van der Waals surface area contributed by atoms with Crippen LogP contribution in [0.4, 0.5) is 16.2 Å². The van der Waals surface area contributed by atoms with Crippen molar-refractivity contribution in [3.8, 4) is 11.5 Å². The van der Waals surface area contributed by atoms with Crippen LogP contribution in [0.3, 0.4) is 0 Å². The third-order valence-electron chi connectivity index (χ3n) is 4.97. The molecule has 2 aromatic rings. The van der Waals surface area contributed by atoms with E-state index in [2.05, 4.69) is 19.2 Å². The maximum Gasteiger partial charge on any atom is 0.325 e. The van der Waals surface area contributed by atoms with Crippen LogP contribution in [-0.4, -0.2) is 50.7 Å². The second-order valence-electron chi connectivity index (χ2n) is 7.22. The molecule has 0 atom stereocenters. The summed E-state index contributed by atoms with van der Waals surface area (Å²) >= 11 is 0. The van der Waals surface area contributed by atoms with Gasteiger partial charge in [0, 0.05) is 30.5 Å². The molecule has 0 radical (unpaired) electrons. The van der Waals surface area contributed by atoms with Gasteiger partial charge >= 0.3 is 6.03 Å². The molecule has 3 rings (SSSR count). The molecule has 1 saturated heterocycles. The van der Waals surface area contributed by atoms with Gasteiger partial charge in [-0.3, -0.25) is 9.69 Å². The Bertz CT molecular complexity index is 880. The first-order chi connectivity index (χ1) is 13.9. The number of hydrogen-bond donors (Lipinski definition) is 1. The molecule has 154 valence electrons. The van der Waals surface area contributed by atoms with Crippen molar-refractivity contribution in [3.05, 3.63) is 48.0 Å². The van der Waals surface area contributed by atoms with Gasteiger partial charge in [0.25, 0.3) is 0 Å². The Morgan fingerprint density at radius 2 is 1.72 bits per heavy atom. The molecule has 0 spiro atoms. The summed E-state index contributed by atoms with van der Waals surface area (Å²) in [5.41, 5.74) is 2.64. The number of ether oxygens (including phenoxy) is 2. The first-order valence-electron chi connectivity index (χ1n) is 9.61. The van der Waals surface area contributed by atoms with Gasteiger partial charge in [-0.1, -0.05) is 26.0 Å². The standard InChI is InChI=1S/C22H27N3O4/c1-15(2)16-5-7-17(8-6-16)23-21(26)14-24-11-12-25(22(24)27)18-9-10-19(28-3)20(13-18)29-4/h5-10,13,15H,11-12,14H2,1-4H3,(H,23,26). The van der Waals surface area contributed by atoms with Gasteiger partial charge in [-0.05, 0) is 35.7 Å². The van der Waals surface area contributed by atoms with Crippen molar-refractivity contribution in [2.45, 2.75) is 19.8 Å². The van der Waals surface area contributed by atoms with Crippen molar-refractivity contribution in [3.63, 3.8) is 0 Å². The van der Waals surface area contributed by atoms with Gasteiger partial charge in [-0.2, -0.15) is 0 Å². The number of hydrogen-bond acceptors (Lipinski definition) is 4. The zero-order chi connectivity index (χ0) is 21.0. The molecule has 1 heterocycles. The zero-order valence-corrected chi connectivity index (χ0v) is 17.3. The normalized spacial score (nSPS) is 13.8. The van der Waals surface area contributed by atoms with Crippen LogP contribution in [0.15, 0.2) is 42.5 Å². The minimum atomic E-state index is -0.218. The van der Waals surface area contributed by atoms with Crippen LogP contribution in [-0.2, 0) is 4.79 Å². The number of methoxy groups -OCH3 is 2. The van der Waals surface area contributed by atoms with Crippen LogP contribution in [0.5, 0.6) is 11.5 Å². The molecule has 2 aromatic carbocycles. The van der Waals surface area contributed by atoms with Crippen molar-refractivity contribution in [1.82, 2.24) is 4.90 Å². The maximum absolute atomic E-state index is 12.8. The number of amides is 3. The van der Waals surface area contributed by atoms with Gasteiger partial charge in [0.1, 0.15) is 6.54 Å². The van der Waals surface area contributed by atoms with Gasteiger partial charge in [0.15, 0.2) is 11.5 Å². The lowest BCUT2D eigenvalue weighted by atomic mass is 10.0. The highest BCUT2D eigenvalue weighted by Crippen LogP contribution is 2.32. The first-order valence-corrected chi connectivity index (χ1v) is 9.61. The average molecular weight is 397 g/mol. The fourth-order valence-corrected chi connectivity index (χ4v) is 3.29. The molecule has 1 aliphatic heterocycles. The molecular formula is C22H27N3O4. The fraction of sp³-hybridized carbons (Fsp3) is 0.364.